The lowest BCUT2D eigenvalue weighted by Crippen LogP contribution is -2.22. The van der Waals surface area contributed by atoms with E-state index in [0.717, 1.165) is 12.8 Å². The maximum Gasteiger partial charge on any atom is 0.198 e. The van der Waals surface area contributed by atoms with Gasteiger partial charge in [-0.15, -0.1) is 0 Å². The van der Waals surface area contributed by atoms with Crippen LogP contribution < -0.4 is 0 Å². The molecule has 25 heavy (non-hydrogen) atoms. The number of aromatic hydroxyl groups is 2. The molecule has 0 aliphatic heterocycles. The Bertz CT molecular complexity index is 876. The number of rotatable bonds is 2. The molecule has 0 unspecified atom stereocenters. The average molecular weight is 336 g/mol. The quantitative estimate of drug-likeness (QED) is 0.694. The zero-order valence-electron chi connectivity index (χ0n) is 13.9. The molecule has 4 heteroatoms. The van der Waals surface area contributed by atoms with Crippen molar-refractivity contribution in [3.05, 3.63) is 58.1 Å². The fourth-order valence-corrected chi connectivity index (χ4v) is 4.17. The Balaban J connectivity index is 1.81. The summed E-state index contributed by atoms with van der Waals surface area (Å²) in [6.07, 6.45) is 6.39. The topological polar surface area (TPSA) is 74.6 Å². The van der Waals surface area contributed by atoms with E-state index in [4.69, 9.17) is 0 Å². The average Bonchev–Trinajstić information content (AvgIpc) is 2.63. The summed E-state index contributed by atoms with van der Waals surface area (Å²) in [5.41, 5.74) is 0.992. The molecule has 1 saturated carbocycles. The first kappa shape index (κ1) is 15.9. The van der Waals surface area contributed by atoms with Crippen LogP contribution in [0.3, 0.4) is 0 Å². The van der Waals surface area contributed by atoms with Crippen LogP contribution in [-0.4, -0.2) is 21.8 Å². The molecular weight excluding hydrogens is 316 g/mol. The number of carbonyl (C=O) groups excluding carboxylic acids is 2. The van der Waals surface area contributed by atoms with E-state index in [1.54, 1.807) is 24.3 Å². The number of benzene rings is 2. The van der Waals surface area contributed by atoms with E-state index in [2.05, 4.69) is 0 Å². The first-order chi connectivity index (χ1) is 12.1. The van der Waals surface area contributed by atoms with E-state index in [1.165, 1.54) is 25.3 Å². The van der Waals surface area contributed by atoms with Crippen LogP contribution in [-0.2, 0) is 6.42 Å². The minimum absolute atomic E-state index is 0.0468. The van der Waals surface area contributed by atoms with Crippen LogP contribution in [0.4, 0.5) is 0 Å². The maximum atomic E-state index is 12.8. The Morgan fingerprint density at radius 2 is 1.48 bits per heavy atom. The van der Waals surface area contributed by atoms with E-state index >= 15 is 0 Å². The van der Waals surface area contributed by atoms with E-state index in [0.29, 0.717) is 17.9 Å². The molecule has 2 aliphatic rings. The first-order valence-electron chi connectivity index (χ1n) is 8.84. The number of hydrogen-bond donors (Lipinski definition) is 2. The number of fused-ring (bicyclic) bond motifs is 2. The van der Waals surface area contributed by atoms with Crippen molar-refractivity contribution >= 4 is 11.6 Å². The van der Waals surface area contributed by atoms with Crippen molar-refractivity contribution in [1.29, 1.82) is 0 Å². The summed E-state index contributed by atoms with van der Waals surface area (Å²) < 4.78 is 0. The van der Waals surface area contributed by atoms with Crippen molar-refractivity contribution in [1.82, 2.24) is 0 Å². The van der Waals surface area contributed by atoms with Crippen LogP contribution in [0, 0.1) is 5.92 Å². The second-order valence-electron chi connectivity index (χ2n) is 7.07. The molecule has 2 aliphatic carbocycles. The predicted molar refractivity (Wildman–Crippen MR) is 93.4 cm³/mol. The molecular formula is C21H20O4. The highest BCUT2D eigenvalue weighted by atomic mass is 16.3. The minimum atomic E-state index is -0.415. The molecule has 1 fully saturated rings. The number of hydrogen-bond acceptors (Lipinski definition) is 4. The fraction of sp³-hybridized carbons (Fsp3) is 0.333. The van der Waals surface area contributed by atoms with Crippen LogP contribution in [0.1, 0.15) is 69.5 Å². The Morgan fingerprint density at radius 1 is 0.880 bits per heavy atom. The summed E-state index contributed by atoms with van der Waals surface area (Å²) in [5, 5.41) is 21.1. The zero-order chi connectivity index (χ0) is 17.6. The highest BCUT2D eigenvalue weighted by Crippen LogP contribution is 2.41. The number of carbonyl (C=O) groups is 2. The predicted octanol–water partition coefficient (Wildman–Crippen LogP) is 4.00. The summed E-state index contributed by atoms with van der Waals surface area (Å²) >= 11 is 0. The molecule has 0 spiro atoms. The molecule has 4 nitrogen and oxygen atoms in total. The van der Waals surface area contributed by atoms with Crippen molar-refractivity contribution in [3.8, 4) is 11.5 Å². The molecule has 2 aromatic rings. The second-order valence-corrected chi connectivity index (χ2v) is 7.07. The van der Waals surface area contributed by atoms with Crippen LogP contribution in [0.15, 0.2) is 30.3 Å². The fourth-order valence-electron chi connectivity index (χ4n) is 4.17. The van der Waals surface area contributed by atoms with Gasteiger partial charge in [-0.3, -0.25) is 9.59 Å². The molecule has 0 radical (unpaired) electrons. The maximum absolute atomic E-state index is 12.8. The summed E-state index contributed by atoms with van der Waals surface area (Å²) in [6, 6.07) is 8.00. The normalized spacial score (nSPS) is 17.3. The second kappa shape index (κ2) is 6.03. The highest BCUT2D eigenvalue weighted by molar-refractivity contribution is 6.30. The minimum Gasteiger partial charge on any atom is -0.507 e. The van der Waals surface area contributed by atoms with Crippen LogP contribution in [0.25, 0.3) is 0 Å². The monoisotopic (exact) mass is 336 g/mol. The first-order valence-corrected chi connectivity index (χ1v) is 8.84. The van der Waals surface area contributed by atoms with Gasteiger partial charge in [0, 0.05) is 11.1 Å². The van der Waals surface area contributed by atoms with Crippen molar-refractivity contribution < 1.29 is 19.8 Å². The van der Waals surface area contributed by atoms with Crippen LogP contribution in [0.2, 0.25) is 0 Å². The molecule has 128 valence electrons. The standard InChI is InChI=1S/C21H20O4/c22-16-11-13(10-12-6-2-1-3-7-12)19(23)18-17(16)20(24)14-8-4-5-9-15(14)21(18)25/h4-5,8-9,11-12,22-23H,1-3,6-7,10H2. The van der Waals surface area contributed by atoms with Gasteiger partial charge in [-0.1, -0.05) is 56.4 Å². The van der Waals surface area contributed by atoms with Gasteiger partial charge >= 0.3 is 0 Å². The molecule has 2 aromatic carbocycles. The molecule has 2 N–H and O–H groups in total. The van der Waals surface area contributed by atoms with E-state index < -0.39 is 11.6 Å². The van der Waals surface area contributed by atoms with Crippen molar-refractivity contribution in [2.45, 2.75) is 38.5 Å². The largest absolute Gasteiger partial charge is 0.507 e. The van der Waals surface area contributed by atoms with Crippen LogP contribution in [0.5, 0.6) is 11.5 Å². The summed E-state index contributed by atoms with van der Waals surface area (Å²) in [5.74, 6) is -0.734. The number of phenolic OH excluding ortho intramolecular Hbond substituents is 2. The van der Waals surface area contributed by atoms with Crippen LogP contribution >= 0.6 is 0 Å². The SMILES string of the molecule is O=C1c2ccccc2C(=O)c2c(O)c(CC3CCCCC3)cc(O)c21. The summed E-state index contributed by atoms with van der Waals surface area (Å²) in [7, 11) is 0. The molecule has 4 rings (SSSR count). The van der Waals surface area contributed by atoms with Gasteiger partial charge in [-0.2, -0.15) is 0 Å². The van der Waals surface area contributed by atoms with Gasteiger partial charge in [-0.05, 0) is 24.0 Å². The molecule has 0 aromatic heterocycles. The third kappa shape index (κ3) is 2.53. The Labute approximate surface area is 146 Å². The zero-order valence-corrected chi connectivity index (χ0v) is 13.9. The summed E-state index contributed by atoms with van der Waals surface area (Å²) in [6.45, 7) is 0. The lowest BCUT2D eigenvalue weighted by molar-refractivity contribution is 0.0974. The van der Waals surface area contributed by atoms with Gasteiger partial charge in [0.1, 0.15) is 11.5 Å². The molecule has 0 atom stereocenters. The Kier molecular flexibility index (Phi) is 3.83. The van der Waals surface area contributed by atoms with Crippen molar-refractivity contribution in [3.63, 3.8) is 0 Å². The molecule has 0 saturated heterocycles. The van der Waals surface area contributed by atoms with Crippen molar-refractivity contribution in [2.75, 3.05) is 0 Å². The highest BCUT2D eigenvalue weighted by Gasteiger charge is 2.35. The smallest absolute Gasteiger partial charge is 0.198 e. The van der Waals surface area contributed by atoms with Gasteiger partial charge in [0.15, 0.2) is 11.6 Å². The third-order valence-corrected chi connectivity index (χ3v) is 5.46. The van der Waals surface area contributed by atoms with Gasteiger partial charge in [0.25, 0.3) is 0 Å². The summed E-state index contributed by atoms with van der Waals surface area (Å²) in [4.78, 5) is 25.6. The number of phenols is 2. The van der Waals surface area contributed by atoms with E-state index in [9.17, 15) is 19.8 Å². The lowest BCUT2D eigenvalue weighted by atomic mass is 9.79. The molecule has 0 heterocycles. The third-order valence-electron chi connectivity index (χ3n) is 5.46. The lowest BCUT2D eigenvalue weighted by Gasteiger charge is -2.24. The number of ketones is 2. The van der Waals surface area contributed by atoms with Gasteiger partial charge < -0.3 is 10.2 Å². The Hall–Kier alpha value is -2.62. The Morgan fingerprint density at radius 3 is 2.12 bits per heavy atom. The van der Waals surface area contributed by atoms with Gasteiger partial charge in [0.2, 0.25) is 0 Å². The molecule has 0 amide bonds. The van der Waals surface area contributed by atoms with Gasteiger partial charge in [0.05, 0.1) is 11.1 Å². The molecule has 0 bridgehead atoms. The van der Waals surface area contributed by atoms with Crippen molar-refractivity contribution in [2.24, 2.45) is 5.92 Å². The van der Waals surface area contributed by atoms with E-state index in [1.807, 2.05) is 0 Å². The van der Waals surface area contributed by atoms with Gasteiger partial charge in [-0.25, -0.2) is 0 Å². The van der Waals surface area contributed by atoms with E-state index in [-0.39, 0.29) is 33.8 Å².